The van der Waals surface area contributed by atoms with Crippen molar-refractivity contribution in [1.82, 2.24) is 10.6 Å². The number of nitrogens with zero attached hydrogens (tertiary/aromatic N) is 1. The first kappa shape index (κ1) is 12.8. The molecule has 110 valence electrons. The first-order valence-corrected chi connectivity index (χ1v) is 7.55. The highest BCUT2D eigenvalue weighted by atomic mass is 16.2. The van der Waals surface area contributed by atoms with Crippen LogP contribution in [0.1, 0.15) is 24.3 Å². The molecule has 1 spiro atoms. The predicted octanol–water partition coefficient (Wildman–Crippen LogP) is 0.616. The van der Waals surface area contributed by atoms with Crippen LogP contribution in [0.2, 0.25) is 0 Å². The molecule has 3 fully saturated rings. The van der Waals surface area contributed by atoms with Gasteiger partial charge in [0.15, 0.2) is 0 Å². The van der Waals surface area contributed by atoms with Crippen molar-refractivity contribution in [2.45, 2.75) is 18.8 Å². The lowest BCUT2D eigenvalue weighted by Gasteiger charge is -2.57. The minimum Gasteiger partial charge on any atom is -0.370 e. The zero-order chi connectivity index (χ0) is 14.4. The number of anilines is 1. The summed E-state index contributed by atoms with van der Waals surface area (Å²) in [6, 6.07) is 8.24. The van der Waals surface area contributed by atoms with Crippen LogP contribution in [0.4, 0.5) is 5.69 Å². The molecule has 3 heterocycles. The Morgan fingerprint density at radius 1 is 1.10 bits per heavy atom. The molecule has 1 atom stereocenters. The molecule has 0 radical (unpaired) electrons. The quantitative estimate of drug-likeness (QED) is 0.782. The standard InChI is InChI=1S/C16H19N3O2/c20-14-6-5-13(15(21)18-14)11-1-3-12(4-2-11)19-9-16(10-19)7-17-8-16/h1-4,13,17H,5-10H2,(H,18,20,21). The molecule has 5 nitrogen and oxygen atoms in total. The van der Waals surface area contributed by atoms with Crippen molar-refractivity contribution < 1.29 is 9.59 Å². The number of hydrogen-bond donors (Lipinski definition) is 2. The average Bonchev–Trinajstić information content (AvgIpc) is 2.36. The second-order valence-corrected chi connectivity index (χ2v) is 6.55. The largest absolute Gasteiger partial charge is 0.370 e. The molecule has 3 aliphatic heterocycles. The number of amides is 2. The van der Waals surface area contributed by atoms with E-state index in [4.69, 9.17) is 0 Å². The van der Waals surface area contributed by atoms with E-state index in [0.717, 1.165) is 31.7 Å². The van der Waals surface area contributed by atoms with Crippen LogP contribution in [0.15, 0.2) is 24.3 Å². The van der Waals surface area contributed by atoms with Crippen LogP contribution in [0, 0.1) is 5.41 Å². The van der Waals surface area contributed by atoms with E-state index in [1.54, 1.807) is 0 Å². The second kappa shape index (κ2) is 4.56. The third-order valence-corrected chi connectivity index (χ3v) is 4.95. The maximum Gasteiger partial charge on any atom is 0.234 e. The lowest BCUT2D eigenvalue weighted by molar-refractivity contribution is -0.134. The van der Waals surface area contributed by atoms with E-state index in [2.05, 4.69) is 27.7 Å². The van der Waals surface area contributed by atoms with E-state index in [0.29, 0.717) is 18.3 Å². The van der Waals surface area contributed by atoms with Gasteiger partial charge in [0.1, 0.15) is 0 Å². The van der Waals surface area contributed by atoms with E-state index in [1.807, 2.05) is 12.1 Å². The van der Waals surface area contributed by atoms with Crippen molar-refractivity contribution in [3.63, 3.8) is 0 Å². The molecule has 0 saturated carbocycles. The fraction of sp³-hybridized carbons (Fsp3) is 0.500. The van der Waals surface area contributed by atoms with E-state index >= 15 is 0 Å². The number of nitrogens with one attached hydrogen (secondary N) is 2. The van der Waals surface area contributed by atoms with E-state index in [9.17, 15) is 9.59 Å². The summed E-state index contributed by atoms with van der Waals surface area (Å²) in [5.41, 5.74) is 2.75. The molecular formula is C16H19N3O2. The van der Waals surface area contributed by atoms with Gasteiger partial charge in [-0.3, -0.25) is 14.9 Å². The zero-order valence-electron chi connectivity index (χ0n) is 11.9. The van der Waals surface area contributed by atoms with Crippen molar-refractivity contribution in [2.24, 2.45) is 5.41 Å². The zero-order valence-corrected chi connectivity index (χ0v) is 11.9. The highest BCUT2D eigenvalue weighted by Crippen LogP contribution is 2.37. The Morgan fingerprint density at radius 2 is 1.81 bits per heavy atom. The number of piperidine rings is 1. The van der Waals surface area contributed by atoms with Crippen molar-refractivity contribution in [1.29, 1.82) is 0 Å². The highest BCUT2D eigenvalue weighted by Gasteiger charge is 2.47. The SMILES string of the molecule is O=C1CCC(c2ccc(N3CC4(CNC4)C3)cc2)C(=O)N1. The molecule has 0 bridgehead atoms. The van der Waals surface area contributed by atoms with E-state index < -0.39 is 0 Å². The van der Waals surface area contributed by atoms with Gasteiger partial charge < -0.3 is 10.2 Å². The topological polar surface area (TPSA) is 61.4 Å². The molecule has 5 heteroatoms. The number of carbonyl (C=O) groups is 2. The molecule has 0 aliphatic carbocycles. The van der Waals surface area contributed by atoms with Gasteiger partial charge >= 0.3 is 0 Å². The highest BCUT2D eigenvalue weighted by molar-refractivity contribution is 6.00. The molecule has 0 aromatic heterocycles. The third kappa shape index (κ3) is 2.12. The van der Waals surface area contributed by atoms with Gasteiger partial charge in [-0.2, -0.15) is 0 Å². The summed E-state index contributed by atoms with van der Waals surface area (Å²) < 4.78 is 0. The van der Waals surface area contributed by atoms with E-state index in [1.165, 1.54) is 5.69 Å². The van der Waals surface area contributed by atoms with Crippen LogP contribution in [-0.2, 0) is 9.59 Å². The van der Waals surface area contributed by atoms with Crippen LogP contribution >= 0.6 is 0 Å². The molecule has 2 amide bonds. The Hall–Kier alpha value is -1.88. The average molecular weight is 285 g/mol. The lowest BCUT2D eigenvalue weighted by atomic mass is 9.74. The third-order valence-electron chi connectivity index (χ3n) is 4.95. The monoisotopic (exact) mass is 285 g/mol. The van der Waals surface area contributed by atoms with Gasteiger partial charge in [0.05, 0.1) is 5.92 Å². The van der Waals surface area contributed by atoms with Gasteiger partial charge in [-0.25, -0.2) is 0 Å². The van der Waals surface area contributed by atoms with Gasteiger partial charge in [-0.15, -0.1) is 0 Å². The Morgan fingerprint density at radius 3 is 2.38 bits per heavy atom. The summed E-state index contributed by atoms with van der Waals surface area (Å²) in [6.07, 6.45) is 1.04. The lowest BCUT2D eigenvalue weighted by Crippen LogP contribution is -2.71. The smallest absolute Gasteiger partial charge is 0.234 e. The van der Waals surface area contributed by atoms with Gasteiger partial charge in [-0.1, -0.05) is 12.1 Å². The molecule has 3 aliphatic rings. The molecule has 1 aromatic carbocycles. The number of imide groups is 1. The van der Waals surface area contributed by atoms with Gasteiger partial charge in [0.2, 0.25) is 11.8 Å². The van der Waals surface area contributed by atoms with Crippen LogP contribution in [0.25, 0.3) is 0 Å². The first-order valence-electron chi connectivity index (χ1n) is 7.55. The molecule has 4 rings (SSSR count). The Bertz CT molecular complexity index is 584. The summed E-state index contributed by atoms with van der Waals surface area (Å²) in [7, 11) is 0. The van der Waals surface area contributed by atoms with Crippen molar-refractivity contribution >= 4 is 17.5 Å². The minimum absolute atomic E-state index is 0.159. The fourth-order valence-electron chi connectivity index (χ4n) is 3.58. The van der Waals surface area contributed by atoms with Crippen LogP contribution in [0.5, 0.6) is 0 Å². The maximum absolute atomic E-state index is 11.9. The molecule has 2 N–H and O–H groups in total. The molecule has 3 saturated heterocycles. The normalized spacial score (nSPS) is 27.0. The Balaban J connectivity index is 1.44. The maximum atomic E-state index is 11.9. The molecular weight excluding hydrogens is 266 g/mol. The summed E-state index contributed by atoms with van der Waals surface area (Å²) in [5.74, 6) is -0.509. The fourth-order valence-corrected chi connectivity index (χ4v) is 3.58. The predicted molar refractivity (Wildman–Crippen MR) is 79.1 cm³/mol. The first-order chi connectivity index (χ1) is 10.2. The molecule has 21 heavy (non-hydrogen) atoms. The summed E-state index contributed by atoms with van der Waals surface area (Å²) in [5, 5.41) is 5.76. The Labute approximate surface area is 123 Å². The Kier molecular flexibility index (Phi) is 2.79. The van der Waals surface area contributed by atoms with Crippen molar-refractivity contribution in [3.05, 3.63) is 29.8 Å². The second-order valence-electron chi connectivity index (χ2n) is 6.55. The minimum atomic E-state index is -0.185. The van der Waals surface area contributed by atoms with Crippen LogP contribution < -0.4 is 15.5 Å². The van der Waals surface area contributed by atoms with Gasteiger partial charge in [0.25, 0.3) is 0 Å². The summed E-state index contributed by atoms with van der Waals surface area (Å²) >= 11 is 0. The van der Waals surface area contributed by atoms with E-state index in [-0.39, 0.29) is 17.7 Å². The van der Waals surface area contributed by atoms with Gasteiger partial charge in [-0.05, 0) is 24.1 Å². The number of benzene rings is 1. The molecule has 1 unspecified atom stereocenters. The summed E-state index contributed by atoms with van der Waals surface area (Å²) in [4.78, 5) is 25.4. The van der Waals surface area contributed by atoms with Gasteiger partial charge in [0, 0.05) is 43.7 Å². The van der Waals surface area contributed by atoms with Crippen molar-refractivity contribution in [3.8, 4) is 0 Å². The van der Waals surface area contributed by atoms with Crippen LogP contribution in [-0.4, -0.2) is 38.0 Å². The summed E-state index contributed by atoms with van der Waals surface area (Å²) in [6.45, 7) is 4.52. The number of carbonyl (C=O) groups excluding carboxylic acids is 2. The number of hydrogen-bond acceptors (Lipinski definition) is 4. The molecule has 1 aromatic rings. The van der Waals surface area contributed by atoms with Crippen LogP contribution in [0.3, 0.4) is 0 Å². The number of rotatable bonds is 2. The van der Waals surface area contributed by atoms with Crippen molar-refractivity contribution in [2.75, 3.05) is 31.1 Å².